The number of carbonyl (C=O) groups is 1. The monoisotopic (exact) mass is 478 g/mol. The van der Waals surface area contributed by atoms with Crippen LogP contribution in [-0.2, 0) is 21.4 Å². The van der Waals surface area contributed by atoms with Gasteiger partial charge < -0.3 is 5.32 Å². The zero-order valence-corrected chi connectivity index (χ0v) is 19.6. The van der Waals surface area contributed by atoms with Gasteiger partial charge in [-0.1, -0.05) is 77.8 Å². The minimum absolute atomic E-state index is 0.0136. The number of fused-ring (bicyclic) bond motifs is 1. The Morgan fingerprint density at radius 1 is 0.909 bits per heavy atom. The van der Waals surface area contributed by atoms with Crippen molar-refractivity contribution in [2.24, 2.45) is 0 Å². The van der Waals surface area contributed by atoms with Crippen molar-refractivity contribution in [2.45, 2.75) is 18.4 Å². The molecule has 0 heterocycles. The number of anilines is 1. The summed E-state index contributed by atoms with van der Waals surface area (Å²) in [4.78, 5) is 13.1. The summed E-state index contributed by atoms with van der Waals surface area (Å²) in [7, 11) is -3.93. The molecule has 0 aliphatic carbocycles. The molecular weight excluding hydrogens is 456 g/mol. The second kappa shape index (κ2) is 9.75. The summed E-state index contributed by atoms with van der Waals surface area (Å²) < 4.78 is 28.1. The molecule has 33 heavy (non-hydrogen) atoms. The van der Waals surface area contributed by atoms with Crippen LogP contribution < -0.4 is 5.32 Å². The zero-order valence-electron chi connectivity index (χ0n) is 18.0. The summed E-state index contributed by atoms with van der Waals surface area (Å²) in [5.74, 6) is -0.427. The molecule has 0 aliphatic rings. The van der Waals surface area contributed by atoms with E-state index in [1.807, 2.05) is 43.3 Å². The quantitative estimate of drug-likeness (QED) is 0.374. The van der Waals surface area contributed by atoms with Crippen molar-refractivity contribution in [2.75, 3.05) is 11.9 Å². The highest BCUT2D eigenvalue weighted by molar-refractivity contribution is 7.89. The van der Waals surface area contributed by atoms with Crippen LogP contribution in [-0.4, -0.2) is 25.2 Å². The van der Waals surface area contributed by atoms with E-state index in [-0.39, 0.29) is 18.0 Å². The van der Waals surface area contributed by atoms with Gasteiger partial charge in [0.2, 0.25) is 15.9 Å². The van der Waals surface area contributed by atoms with E-state index in [1.165, 1.54) is 4.31 Å². The van der Waals surface area contributed by atoms with Crippen molar-refractivity contribution in [3.63, 3.8) is 0 Å². The lowest BCUT2D eigenvalue weighted by Crippen LogP contribution is -2.37. The molecule has 0 atom stereocenters. The number of sulfonamides is 1. The lowest BCUT2D eigenvalue weighted by Gasteiger charge is -2.22. The molecule has 1 amide bonds. The Balaban J connectivity index is 1.63. The van der Waals surface area contributed by atoms with Crippen molar-refractivity contribution in [3.05, 3.63) is 107 Å². The number of benzene rings is 4. The number of hydrogen-bond acceptors (Lipinski definition) is 3. The van der Waals surface area contributed by atoms with E-state index in [4.69, 9.17) is 11.6 Å². The summed E-state index contributed by atoms with van der Waals surface area (Å²) in [6, 6.07) is 26.8. The number of hydrogen-bond donors (Lipinski definition) is 1. The van der Waals surface area contributed by atoms with Crippen LogP contribution in [0.2, 0.25) is 5.02 Å². The normalized spacial score (nSPS) is 11.6. The van der Waals surface area contributed by atoms with Crippen molar-refractivity contribution in [1.29, 1.82) is 0 Å². The number of nitrogens with zero attached hydrogens (tertiary/aromatic N) is 1. The lowest BCUT2D eigenvalue weighted by atomic mass is 10.1. The van der Waals surface area contributed by atoms with E-state index < -0.39 is 15.9 Å². The van der Waals surface area contributed by atoms with Gasteiger partial charge in [-0.2, -0.15) is 4.31 Å². The predicted molar refractivity (Wildman–Crippen MR) is 133 cm³/mol. The smallest absolute Gasteiger partial charge is 0.243 e. The fourth-order valence-corrected chi connectivity index (χ4v) is 5.21. The van der Waals surface area contributed by atoms with Gasteiger partial charge in [-0.3, -0.25) is 4.79 Å². The molecular formula is C26H23ClN2O3S. The van der Waals surface area contributed by atoms with Crippen molar-refractivity contribution >= 4 is 44.0 Å². The zero-order chi connectivity index (χ0) is 23.4. The molecule has 0 aliphatic heterocycles. The summed E-state index contributed by atoms with van der Waals surface area (Å²) in [6.45, 7) is 1.56. The highest BCUT2D eigenvalue weighted by atomic mass is 35.5. The standard InChI is InChI=1S/C26H23ClN2O3S/c1-19-12-14-23(15-13-19)33(31,32)29(17-20-6-4-9-22(27)16-20)18-26(30)28-25-11-5-8-21-7-2-3-10-24(21)25/h2-16H,17-18H2,1H3,(H,28,30). The molecule has 4 aromatic carbocycles. The predicted octanol–water partition coefficient (Wildman–Crippen LogP) is 5.63. The molecule has 4 aromatic rings. The molecule has 0 radical (unpaired) electrons. The minimum Gasteiger partial charge on any atom is -0.324 e. The molecule has 168 valence electrons. The Morgan fingerprint density at radius 3 is 2.36 bits per heavy atom. The second-order valence-electron chi connectivity index (χ2n) is 7.79. The lowest BCUT2D eigenvalue weighted by molar-refractivity contribution is -0.116. The topological polar surface area (TPSA) is 66.5 Å². The van der Waals surface area contributed by atoms with Gasteiger partial charge in [-0.15, -0.1) is 0 Å². The summed E-state index contributed by atoms with van der Waals surface area (Å²) in [5, 5.41) is 5.24. The molecule has 0 spiro atoms. The molecule has 0 saturated carbocycles. The molecule has 4 rings (SSSR count). The van der Waals surface area contributed by atoms with Crippen molar-refractivity contribution in [1.82, 2.24) is 4.31 Å². The maximum absolute atomic E-state index is 13.4. The summed E-state index contributed by atoms with van der Waals surface area (Å²) in [5.41, 5.74) is 2.27. The van der Waals surface area contributed by atoms with E-state index in [0.717, 1.165) is 16.3 Å². The van der Waals surface area contributed by atoms with Crippen LogP contribution in [0.25, 0.3) is 10.8 Å². The van der Waals surface area contributed by atoms with Gasteiger partial charge >= 0.3 is 0 Å². The van der Waals surface area contributed by atoms with Gasteiger partial charge in [0, 0.05) is 22.6 Å². The van der Waals surface area contributed by atoms with Gasteiger partial charge in [-0.05, 0) is 48.2 Å². The largest absolute Gasteiger partial charge is 0.324 e. The average molecular weight is 479 g/mol. The first-order valence-corrected chi connectivity index (χ1v) is 12.2. The molecule has 7 heteroatoms. The van der Waals surface area contributed by atoms with E-state index >= 15 is 0 Å². The summed E-state index contributed by atoms with van der Waals surface area (Å²) in [6.07, 6.45) is 0. The fraction of sp³-hybridized carbons (Fsp3) is 0.115. The maximum Gasteiger partial charge on any atom is 0.243 e. The van der Waals surface area contributed by atoms with Crippen LogP contribution in [0.1, 0.15) is 11.1 Å². The number of halogens is 1. The van der Waals surface area contributed by atoms with Crippen LogP contribution in [0.5, 0.6) is 0 Å². The second-order valence-corrected chi connectivity index (χ2v) is 10.2. The van der Waals surface area contributed by atoms with E-state index in [2.05, 4.69) is 5.32 Å². The fourth-order valence-electron chi connectivity index (χ4n) is 3.61. The Hall–Kier alpha value is -3.19. The summed E-state index contributed by atoms with van der Waals surface area (Å²) >= 11 is 6.10. The molecule has 0 saturated heterocycles. The Kier molecular flexibility index (Phi) is 6.79. The van der Waals surface area contributed by atoms with Crippen LogP contribution in [0, 0.1) is 6.92 Å². The Bertz CT molecular complexity index is 1400. The molecule has 5 nitrogen and oxygen atoms in total. The molecule has 0 bridgehead atoms. The highest BCUT2D eigenvalue weighted by Crippen LogP contribution is 2.24. The van der Waals surface area contributed by atoms with Crippen LogP contribution in [0.3, 0.4) is 0 Å². The van der Waals surface area contributed by atoms with Gasteiger partial charge in [-0.25, -0.2) is 8.42 Å². The van der Waals surface area contributed by atoms with Crippen LogP contribution in [0.15, 0.2) is 95.9 Å². The minimum atomic E-state index is -3.93. The van der Waals surface area contributed by atoms with E-state index in [1.54, 1.807) is 54.6 Å². The third-order valence-corrected chi connectivity index (χ3v) is 7.33. The number of aryl methyl sites for hydroxylation is 1. The van der Waals surface area contributed by atoms with E-state index in [9.17, 15) is 13.2 Å². The molecule has 0 unspecified atom stereocenters. The van der Waals surface area contributed by atoms with Gasteiger partial charge in [0.15, 0.2) is 0 Å². The number of nitrogens with one attached hydrogen (secondary N) is 1. The SMILES string of the molecule is Cc1ccc(S(=O)(=O)N(CC(=O)Nc2cccc3ccccc23)Cc2cccc(Cl)c2)cc1. The average Bonchev–Trinajstić information content (AvgIpc) is 2.79. The number of carbonyl (C=O) groups excluding carboxylic acids is 1. The molecule has 0 fully saturated rings. The van der Waals surface area contributed by atoms with Gasteiger partial charge in [0.05, 0.1) is 11.4 Å². The van der Waals surface area contributed by atoms with Gasteiger partial charge in [0.1, 0.15) is 0 Å². The third kappa shape index (κ3) is 5.42. The first-order valence-electron chi connectivity index (χ1n) is 10.4. The Morgan fingerprint density at radius 2 is 1.61 bits per heavy atom. The van der Waals surface area contributed by atoms with Gasteiger partial charge in [0.25, 0.3) is 0 Å². The van der Waals surface area contributed by atoms with E-state index in [0.29, 0.717) is 16.3 Å². The first kappa shape index (κ1) is 23.0. The van der Waals surface area contributed by atoms with Crippen LogP contribution >= 0.6 is 11.6 Å². The van der Waals surface area contributed by atoms with Crippen LogP contribution in [0.4, 0.5) is 5.69 Å². The Labute approximate surface area is 198 Å². The van der Waals surface area contributed by atoms with Crippen molar-refractivity contribution < 1.29 is 13.2 Å². The van der Waals surface area contributed by atoms with Crippen molar-refractivity contribution in [3.8, 4) is 0 Å². The number of rotatable bonds is 7. The number of amides is 1. The molecule has 0 aromatic heterocycles. The molecule has 1 N–H and O–H groups in total. The highest BCUT2D eigenvalue weighted by Gasteiger charge is 2.27. The first-order chi connectivity index (χ1) is 15.8. The maximum atomic E-state index is 13.4. The third-order valence-electron chi connectivity index (χ3n) is 5.29.